The number of hydrogen-bond acceptors (Lipinski definition) is 34. The van der Waals surface area contributed by atoms with Crippen molar-refractivity contribution < 1.29 is 167 Å². The number of carboxylic acids is 14. The summed E-state index contributed by atoms with van der Waals surface area (Å²) in [4.78, 5) is 209. The van der Waals surface area contributed by atoms with Crippen LogP contribution < -0.4 is 0 Å². The molecule has 14 N–H and O–H groups in total. The van der Waals surface area contributed by atoms with Gasteiger partial charge in [-0.05, 0) is 25.5 Å². The summed E-state index contributed by atoms with van der Waals surface area (Å²) in [7, 11) is 0. The van der Waals surface area contributed by atoms with Gasteiger partial charge in [-0.15, -0.1) is 0 Å². The van der Waals surface area contributed by atoms with Gasteiger partial charge in [0.2, 0.25) is 0 Å². The Labute approximate surface area is 674 Å². The summed E-state index contributed by atoms with van der Waals surface area (Å²) in [6.07, 6.45) is 0.227. The largest absolute Gasteiger partial charge is 0.480 e. The van der Waals surface area contributed by atoms with Gasteiger partial charge in [-0.1, -0.05) is 44.2 Å². The maximum Gasteiger partial charge on any atom is 0.317 e. The number of benzene rings is 1. The number of carbonyl (C=O) groups excluding carboxylic acids is 3. The van der Waals surface area contributed by atoms with Crippen LogP contribution in [0.2, 0.25) is 0 Å². The van der Waals surface area contributed by atoms with Gasteiger partial charge in [0.05, 0.1) is 91.6 Å². The first-order chi connectivity index (χ1) is 54.7. The molecule has 666 valence electrons. The standard InChI is InChI=1S/C22H31N3O10.C16H28N4O8.C16H30N4O6.C14H23N3O10.CH4/c1-15-2-4-16(5-3-15)8-17(25(13-21(32)33)14-22(34)35)9-23(10-18(26)27)6-7-24(11-19(28)29)12-20(30)31;21-13-27-11-19-5-3-17(9-15(23)24)1-2-18(10-16(25)26)4-6-20(8-7-19)12-28-14-22;1-2-17-3-5-18(11-15(22)23)6-7-19(12-16(24)25)8-10-20(9-4-17)13-26-14-21;18-10(19)5-15(1-3-16(6-11(20)21)7-12(22)23)2-4-17(8-13(24)25)9-14(26)27;/h2-5,17H,6-14H2,1H3,(H,26,27)(H,28,29)(H,30,31)(H,32,33)(H,34,35);13-14H,1-12H2,(H,23,24)(H,25,26);14H,2-13H2,1H3,(H,22,23)(H,24,25);1-9H2,(H,18,19)(H,20,21)(H,22,23)(H,24,25)(H,26,27);1H4. The number of carbonyl (C=O) groups is 17. The van der Waals surface area contributed by atoms with Crippen molar-refractivity contribution in [1.29, 1.82) is 0 Å². The average Bonchev–Trinajstić information content (AvgIpc) is 0.855. The number of rotatable bonds is 52. The van der Waals surface area contributed by atoms with Crippen LogP contribution in [0, 0.1) is 6.92 Å². The fraction of sp³-hybridized carbons (Fsp3) is 0.667. The van der Waals surface area contributed by atoms with Crippen LogP contribution in [-0.2, 0) is 102 Å². The van der Waals surface area contributed by atoms with E-state index in [0.717, 1.165) is 45.5 Å². The quantitative estimate of drug-likeness (QED) is 0.0213. The minimum atomic E-state index is -1.25. The van der Waals surface area contributed by atoms with Crippen LogP contribution in [-0.4, -0.2) is 518 Å². The molecule has 48 heteroatoms. The predicted octanol–water partition coefficient (Wildman–Crippen LogP) is -6.65. The van der Waals surface area contributed by atoms with Crippen LogP contribution in [0.3, 0.4) is 0 Å². The Hall–Kier alpha value is -10.3. The molecule has 1 unspecified atom stereocenters. The van der Waals surface area contributed by atoms with Gasteiger partial charge < -0.3 is 90.6 Å². The van der Waals surface area contributed by atoms with E-state index in [1.807, 2.05) is 57.7 Å². The lowest BCUT2D eigenvalue weighted by Gasteiger charge is -2.34. The first kappa shape index (κ1) is 109. The maximum atomic E-state index is 11.5. The summed E-state index contributed by atoms with van der Waals surface area (Å²) < 4.78 is 14.5. The molecule has 48 nitrogen and oxygen atoms in total. The van der Waals surface area contributed by atoms with Crippen LogP contribution in [0.5, 0.6) is 0 Å². The van der Waals surface area contributed by atoms with E-state index in [2.05, 4.69) is 4.90 Å². The second-order valence-electron chi connectivity index (χ2n) is 26.5. The van der Waals surface area contributed by atoms with Crippen LogP contribution >= 0.6 is 0 Å². The lowest BCUT2D eigenvalue weighted by atomic mass is 10.0. The van der Waals surface area contributed by atoms with Crippen molar-refractivity contribution in [3.05, 3.63) is 35.4 Å². The fourth-order valence-corrected chi connectivity index (χ4v) is 11.5. The molecule has 0 spiro atoms. The molecule has 1 atom stereocenters. The number of nitrogens with zero attached hydrogens (tertiary/aromatic N) is 14. The second kappa shape index (κ2) is 63.8. The number of ether oxygens (including phenoxy) is 3. The molecule has 2 saturated heterocycles. The topological polar surface area (TPSA) is 646 Å². The van der Waals surface area contributed by atoms with Crippen molar-refractivity contribution in [3.8, 4) is 0 Å². The molecule has 2 heterocycles. The van der Waals surface area contributed by atoms with E-state index in [9.17, 15) is 96.8 Å². The van der Waals surface area contributed by atoms with Crippen molar-refractivity contribution in [3.63, 3.8) is 0 Å². The molecule has 1 aromatic rings. The molecule has 0 aliphatic carbocycles. The van der Waals surface area contributed by atoms with E-state index < -0.39 is 155 Å². The molecule has 2 aliphatic rings. The molecule has 2 aliphatic heterocycles. The Bertz CT molecular complexity index is 3060. The van der Waals surface area contributed by atoms with Gasteiger partial charge in [0, 0.05) is 157 Å². The molecule has 0 bridgehead atoms. The molecule has 0 amide bonds. The maximum absolute atomic E-state index is 11.5. The molecular formula is C69H116N14O34. The van der Waals surface area contributed by atoms with Gasteiger partial charge in [0.25, 0.3) is 19.4 Å². The first-order valence-corrected chi connectivity index (χ1v) is 36.1. The van der Waals surface area contributed by atoms with E-state index >= 15 is 0 Å². The minimum Gasteiger partial charge on any atom is -0.480 e. The van der Waals surface area contributed by atoms with Crippen molar-refractivity contribution in [2.45, 2.75) is 33.7 Å². The van der Waals surface area contributed by atoms with E-state index in [0.29, 0.717) is 111 Å². The number of aryl methyl sites for hydroxylation is 1. The third kappa shape index (κ3) is 60.8. The van der Waals surface area contributed by atoms with Crippen LogP contribution in [0.15, 0.2) is 24.3 Å². The summed E-state index contributed by atoms with van der Waals surface area (Å²) >= 11 is 0. The summed E-state index contributed by atoms with van der Waals surface area (Å²) in [6.45, 7) is 8.31. The molecule has 3 rings (SSSR count). The summed E-state index contributed by atoms with van der Waals surface area (Å²) in [5.74, 6) is -16.1. The molecule has 0 radical (unpaired) electrons. The summed E-state index contributed by atoms with van der Waals surface area (Å²) in [5, 5.41) is 127. The third-order valence-electron chi connectivity index (χ3n) is 17.0. The van der Waals surface area contributed by atoms with E-state index in [1.54, 1.807) is 14.7 Å². The number of hydrogen-bond donors (Lipinski definition) is 14. The van der Waals surface area contributed by atoms with Crippen molar-refractivity contribution in [1.82, 2.24) is 68.6 Å². The van der Waals surface area contributed by atoms with Crippen LogP contribution in [0.4, 0.5) is 0 Å². The van der Waals surface area contributed by atoms with E-state index in [1.165, 1.54) is 14.7 Å². The highest BCUT2D eigenvalue weighted by molar-refractivity contribution is 5.75. The van der Waals surface area contributed by atoms with Gasteiger partial charge in [-0.25, -0.2) is 0 Å². The van der Waals surface area contributed by atoms with Crippen LogP contribution in [0.1, 0.15) is 25.5 Å². The van der Waals surface area contributed by atoms with E-state index in [4.69, 9.17) is 70.4 Å². The van der Waals surface area contributed by atoms with Gasteiger partial charge >= 0.3 is 83.6 Å². The molecule has 0 saturated carbocycles. The highest BCUT2D eigenvalue weighted by Crippen LogP contribution is 2.14. The van der Waals surface area contributed by atoms with Crippen molar-refractivity contribution in [2.24, 2.45) is 0 Å². The normalized spacial score (nSPS) is 15.2. The minimum absolute atomic E-state index is 0. The zero-order chi connectivity index (χ0) is 87.7. The van der Waals surface area contributed by atoms with Gasteiger partial charge in [-0.2, -0.15) is 0 Å². The lowest BCUT2D eigenvalue weighted by Crippen LogP contribution is -2.51. The average molecular weight is 1690 g/mol. The Kier molecular flexibility index (Phi) is 59.3. The molecule has 0 aromatic heterocycles. The molecular weight excluding hydrogens is 1570 g/mol. The Morgan fingerprint density at radius 1 is 0.316 bits per heavy atom. The van der Waals surface area contributed by atoms with E-state index in [-0.39, 0.29) is 106 Å². The SMILES string of the molecule is C.CCN1CCN(COC=O)CCN(CC(=O)O)CCN(CC(=O)O)CC1.Cc1ccc(CC(CN(CCN(CC(=O)O)CC(=O)O)CC(=O)O)N(CC(=O)O)CC(=O)O)cc1.O=C(O)CN(CCN(CC(=O)O)CC(=O)O)CCN(CC(=O)O)CC(=O)O.O=COCN1CCN(COC=O)CCN(CC(=O)O)CCN(CC(=O)O)CC1. The second-order valence-corrected chi connectivity index (χ2v) is 26.5. The van der Waals surface area contributed by atoms with Gasteiger partial charge in [0.15, 0.2) is 0 Å². The fourth-order valence-electron chi connectivity index (χ4n) is 11.5. The predicted molar refractivity (Wildman–Crippen MR) is 405 cm³/mol. The lowest BCUT2D eigenvalue weighted by molar-refractivity contribution is -0.145. The monoisotopic (exact) mass is 1680 g/mol. The zero-order valence-corrected chi connectivity index (χ0v) is 65.0. The number of likely N-dealkylation sites (N-methyl/N-ethyl adjacent to an activating group) is 1. The Balaban J connectivity index is 0. The molecule has 117 heavy (non-hydrogen) atoms. The Morgan fingerprint density at radius 3 is 0.761 bits per heavy atom. The highest BCUT2D eigenvalue weighted by Gasteiger charge is 2.29. The zero-order valence-electron chi connectivity index (χ0n) is 65.0. The first-order valence-electron chi connectivity index (χ1n) is 36.1. The highest BCUT2D eigenvalue weighted by atomic mass is 16.5. The number of carboxylic acid groups (broad SMARTS) is 14. The Morgan fingerprint density at radius 2 is 0.530 bits per heavy atom. The molecule has 1 aromatic carbocycles. The van der Waals surface area contributed by atoms with Crippen molar-refractivity contribution >= 4 is 103 Å². The molecule has 2 fully saturated rings. The van der Waals surface area contributed by atoms with Crippen LogP contribution in [0.25, 0.3) is 0 Å². The van der Waals surface area contributed by atoms with Crippen molar-refractivity contribution in [2.75, 3.05) is 269 Å². The summed E-state index contributed by atoms with van der Waals surface area (Å²) in [5.41, 5.74) is 1.78. The number of aliphatic carboxylic acids is 14. The smallest absolute Gasteiger partial charge is 0.317 e. The third-order valence-corrected chi connectivity index (χ3v) is 17.0. The van der Waals surface area contributed by atoms with Gasteiger partial charge in [-0.3, -0.25) is 145 Å². The van der Waals surface area contributed by atoms with Gasteiger partial charge in [0.1, 0.15) is 20.2 Å². The summed E-state index contributed by atoms with van der Waals surface area (Å²) in [6, 6.07) is 6.60.